The van der Waals surface area contributed by atoms with Gasteiger partial charge in [-0.15, -0.1) is 0 Å². The highest BCUT2D eigenvalue weighted by Crippen LogP contribution is 2.18. The first-order chi connectivity index (χ1) is 6.14. The van der Waals surface area contributed by atoms with Crippen LogP contribution in [0.25, 0.3) is 0 Å². The van der Waals surface area contributed by atoms with E-state index in [1.165, 1.54) is 0 Å². The molecule has 0 amide bonds. The van der Waals surface area contributed by atoms with Crippen molar-refractivity contribution in [2.75, 3.05) is 33.0 Å². The molecule has 13 heavy (non-hydrogen) atoms. The maximum absolute atomic E-state index is 9.39. The Morgan fingerprint density at radius 1 is 1.15 bits per heavy atom. The Bertz CT molecular complexity index is 102. The van der Waals surface area contributed by atoms with Crippen LogP contribution in [0.15, 0.2) is 0 Å². The number of epoxide rings is 1. The van der Waals surface area contributed by atoms with Crippen LogP contribution in [0.1, 0.15) is 13.3 Å². The predicted octanol–water partition coefficient (Wildman–Crippen LogP) is -1.81. The van der Waals surface area contributed by atoms with Crippen LogP contribution in [0.2, 0.25) is 0 Å². The molecule has 3 N–H and O–H groups in total. The standard InChI is InChI=1S/C6H14O3.C2H4O2/c1-2-6(3-7,4-8)5-9;3-4-1-2-4/h7-9H,2-5H2,1H3;1-2H2. The van der Waals surface area contributed by atoms with Gasteiger partial charge in [-0.2, -0.15) is 0 Å². The van der Waals surface area contributed by atoms with E-state index >= 15 is 0 Å². The summed E-state index contributed by atoms with van der Waals surface area (Å²) in [4.78, 5) is 0. The molecule has 0 aromatic carbocycles. The average Bonchev–Trinajstić information content (AvgIpc) is 2.94. The molecule has 0 atom stereocenters. The van der Waals surface area contributed by atoms with Gasteiger partial charge in [0.15, 0.2) is 0 Å². The van der Waals surface area contributed by atoms with Crippen LogP contribution >= 0.6 is 0 Å². The lowest BCUT2D eigenvalue weighted by atomic mass is 9.88. The van der Waals surface area contributed by atoms with Gasteiger partial charge in [0, 0.05) is 5.41 Å². The monoisotopic (exact) mass is 194 g/mol. The summed E-state index contributed by atoms with van der Waals surface area (Å²) in [7, 11) is 0. The van der Waals surface area contributed by atoms with Gasteiger partial charge >= 0.3 is 0 Å². The van der Waals surface area contributed by atoms with Gasteiger partial charge in [0.1, 0.15) is 0 Å². The molecule has 1 heterocycles. The van der Waals surface area contributed by atoms with Gasteiger partial charge in [-0.3, -0.25) is 0 Å². The minimum Gasteiger partial charge on any atom is -0.534 e. The average molecular weight is 194 g/mol. The van der Waals surface area contributed by atoms with Gasteiger partial charge in [-0.25, -0.2) is 0 Å². The van der Waals surface area contributed by atoms with Crippen LogP contribution in [0.3, 0.4) is 0 Å². The molecular formula is C8H18O5. The topological polar surface area (TPSA) is 86.5 Å². The molecule has 0 spiro atoms. The van der Waals surface area contributed by atoms with Crippen molar-refractivity contribution in [2.24, 2.45) is 5.41 Å². The first-order valence-electron chi connectivity index (χ1n) is 4.31. The molecule has 0 aromatic heterocycles. The predicted molar refractivity (Wildman–Crippen MR) is 44.8 cm³/mol. The molecule has 80 valence electrons. The highest BCUT2D eigenvalue weighted by Gasteiger charge is 2.24. The smallest absolute Gasteiger partial charge is 0.222 e. The molecule has 1 saturated heterocycles. The maximum Gasteiger partial charge on any atom is 0.222 e. The minimum atomic E-state index is -0.667. The van der Waals surface area contributed by atoms with E-state index in [4.69, 9.17) is 15.3 Å². The van der Waals surface area contributed by atoms with Crippen LogP contribution in [-0.4, -0.2) is 48.4 Å². The first-order valence-corrected chi connectivity index (χ1v) is 4.31. The third-order valence-corrected chi connectivity index (χ3v) is 2.13. The van der Waals surface area contributed by atoms with E-state index in [0.717, 1.165) is 0 Å². The molecule has 1 rings (SSSR count). The normalized spacial score (nSPS) is 16.4. The quantitative estimate of drug-likeness (QED) is 0.279. The van der Waals surface area contributed by atoms with E-state index in [-0.39, 0.29) is 19.8 Å². The summed E-state index contributed by atoms with van der Waals surface area (Å²) >= 11 is 0. The summed E-state index contributed by atoms with van der Waals surface area (Å²) in [6.45, 7) is 2.71. The van der Waals surface area contributed by atoms with Crippen molar-refractivity contribution in [2.45, 2.75) is 13.3 Å². The van der Waals surface area contributed by atoms with E-state index in [2.05, 4.69) is 0 Å². The van der Waals surface area contributed by atoms with Crippen molar-refractivity contribution in [3.8, 4) is 0 Å². The van der Waals surface area contributed by atoms with E-state index in [9.17, 15) is 5.26 Å². The highest BCUT2D eigenvalue weighted by atomic mass is 17.3. The fourth-order valence-corrected chi connectivity index (χ4v) is 0.519. The Morgan fingerprint density at radius 3 is 1.46 bits per heavy atom. The zero-order chi connectivity index (χ0) is 10.3. The molecule has 5 heteroatoms. The van der Waals surface area contributed by atoms with Crippen molar-refractivity contribution >= 4 is 0 Å². The molecule has 0 aliphatic carbocycles. The molecule has 1 aliphatic rings. The van der Waals surface area contributed by atoms with Crippen LogP contribution in [-0.2, 0) is 4.52 Å². The minimum absolute atomic E-state index is 0.156. The van der Waals surface area contributed by atoms with Crippen LogP contribution in [0.4, 0.5) is 0 Å². The van der Waals surface area contributed by atoms with Crippen molar-refractivity contribution in [1.29, 1.82) is 0 Å². The second-order valence-electron chi connectivity index (χ2n) is 3.18. The van der Waals surface area contributed by atoms with E-state index in [1.54, 1.807) is 4.52 Å². The van der Waals surface area contributed by atoms with Crippen molar-refractivity contribution in [3.63, 3.8) is 0 Å². The summed E-state index contributed by atoms with van der Waals surface area (Å²) in [5, 5.41) is 35.4. The van der Waals surface area contributed by atoms with E-state index in [1.807, 2.05) is 6.92 Å². The largest absolute Gasteiger partial charge is 0.534 e. The van der Waals surface area contributed by atoms with Crippen molar-refractivity contribution in [1.82, 2.24) is 0 Å². The molecule has 1 fully saturated rings. The molecule has 0 unspecified atom stereocenters. The van der Waals surface area contributed by atoms with Gasteiger partial charge in [0.25, 0.3) is 0 Å². The summed E-state index contributed by atoms with van der Waals surface area (Å²) in [5.41, 5.74) is -0.667. The fourth-order valence-electron chi connectivity index (χ4n) is 0.519. The number of hydrogen-bond acceptors (Lipinski definition) is 4. The molecule has 1 aliphatic heterocycles. The molecule has 0 aromatic rings. The first kappa shape index (κ1) is 12.8. The zero-order valence-corrected chi connectivity index (χ0v) is 7.90. The summed E-state index contributed by atoms with van der Waals surface area (Å²) in [6.07, 6.45) is 0.594. The number of rotatable bonds is 4. The summed E-state index contributed by atoms with van der Waals surface area (Å²) < 4.78 is 1.58. The Kier molecular flexibility index (Phi) is 6.19. The zero-order valence-electron chi connectivity index (χ0n) is 7.90. The molecule has 0 saturated carbocycles. The lowest BCUT2D eigenvalue weighted by molar-refractivity contribution is -0.730. The molecular weight excluding hydrogens is 176 g/mol. The summed E-state index contributed by atoms with van der Waals surface area (Å²) in [6, 6.07) is 0. The van der Waals surface area contributed by atoms with Crippen LogP contribution in [0, 0.1) is 5.41 Å². The van der Waals surface area contributed by atoms with E-state index < -0.39 is 5.41 Å². The Balaban J connectivity index is 0.000000293. The molecule has 5 nitrogen and oxygen atoms in total. The van der Waals surface area contributed by atoms with Crippen LogP contribution in [0.5, 0.6) is 0 Å². The SMILES string of the molecule is CCC(CO)(CO)CO.[O-][O+]1CC1. The second kappa shape index (κ2) is 6.28. The van der Waals surface area contributed by atoms with E-state index in [0.29, 0.717) is 19.6 Å². The van der Waals surface area contributed by atoms with Gasteiger partial charge < -0.3 is 25.1 Å². The molecule has 0 bridgehead atoms. The van der Waals surface area contributed by atoms with Crippen LogP contribution < -0.4 is 5.26 Å². The Hall–Kier alpha value is -0.200. The van der Waals surface area contributed by atoms with Gasteiger partial charge in [-0.1, -0.05) is 6.92 Å². The fraction of sp³-hybridized carbons (Fsp3) is 1.00. The van der Waals surface area contributed by atoms with Gasteiger partial charge in [0.2, 0.25) is 13.2 Å². The summed E-state index contributed by atoms with van der Waals surface area (Å²) in [5.74, 6) is 0. The molecule has 0 radical (unpaired) electrons. The third kappa shape index (κ3) is 5.17. The number of hydrogen-bond donors (Lipinski definition) is 3. The van der Waals surface area contributed by atoms with Gasteiger partial charge in [-0.05, 0) is 6.42 Å². The number of aliphatic hydroxyl groups excluding tert-OH is 3. The Morgan fingerprint density at radius 2 is 1.46 bits per heavy atom. The highest BCUT2D eigenvalue weighted by molar-refractivity contribution is 4.74. The lowest BCUT2D eigenvalue weighted by Crippen LogP contribution is -2.32. The second-order valence-corrected chi connectivity index (χ2v) is 3.18. The maximum atomic E-state index is 9.39. The number of aliphatic hydroxyl groups is 3. The van der Waals surface area contributed by atoms with Crippen molar-refractivity contribution < 1.29 is 25.1 Å². The van der Waals surface area contributed by atoms with Gasteiger partial charge in [0.05, 0.1) is 19.8 Å². The lowest BCUT2D eigenvalue weighted by Gasteiger charge is -2.24. The van der Waals surface area contributed by atoms with Crippen molar-refractivity contribution in [3.05, 3.63) is 0 Å². The third-order valence-electron chi connectivity index (χ3n) is 2.13. The Labute approximate surface area is 77.8 Å².